The number of amides is 2. The summed E-state index contributed by atoms with van der Waals surface area (Å²) in [6.07, 6.45) is -0.252. The molecule has 0 aliphatic heterocycles. The summed E-state index contributed by atoms with van der Waals surface area (Å²) in [6, 6.07) is 12.8. The molecule has 0 saturated carbocycles. The van der Waals surface area contributed by atoms with Gasteiger partial charge in [0, 0.05) is 16.4 Å². The maximum atomic E-state index is 12.1. The minimum Gasteiger partial charge on any atom is -0.326 e. The second kappa shape index (κ2) is 7.97. The highest BCUT2D eigenvalue weighted by Gasteiger charge is 2.13. The Labute approximate surface area is 147 Å². The van der Waals surface area contributed by atoms with Gasteiger partial charge in [0.15, 0.2) is 0 Å². The standard InChI is InChI=1S/C19H21ClN2O2/c1-12(2)15-6-4-5-7-17(15)22-19(24)11-18(23)21-14-9-8-13(3)16(20)10-14/h4-10,12H,11H2,1-3H3,(H,21,23)(H,22,24). The Kier molecular flexibility index (Phi) is 5.99. The topological polar surface area (TPSA) is 58.2 Å². The Morgan fingerprint density at radius 2 is 1.71 bits per heavy atom. The van der Waals surface area contributed by atoms with Crippen LogP contribution in [0.5, 0.6) is 0 Å². The number of anilines is 2. The molecule has 2 aromatic carbocycles. The van der Waals surface area contributed by atoms with E-state index in [2.05, 4.69) is 24.5 Å². The van der Waals surface area contributed by atoms with Gasteiger partial charge in [0.1, 0.15) is 6.42 Å². The van der Waals surface area contributed by atoms with Crippen molar-refractivity contribution in [1.29, 1.82) is 0 Å². The fourth-order valence-electron chi connectivity index (χ4n) is 2.33. The van der Waals surface area contributed by atoms with Crippen LogP contribution in [0.25, 0.3) is 0 Å². The van der Waals surface area contributed by atoms with Crippen molar-refractivity contribution in [2.45, 2.75) is 33.1 Å². The number of hydrogen-bond donors (Lipinski definition) is 2. The summed E-state index contributed by atoms with van der Waals surface area (Å²) >= 11 is 6.03. The van der Waals surface area contributed by atoms with Crippen molar-refractivity contribution in [3.63, 3.8) is 0 Å². The molecule has 0 radical (unpaired) electrons. The van der Waals surface area contributed by atoms with Crippen molar-refractivity contribution < 1.29 is 9.59 Å². The van der Waals surface area contributed by atoms with Crippen LogP contribution in [0.1, 0.15) is 37.3 Å². The highest BCUT2D eigenvalue weighted by atomic mass is 35.5. The molecule has 4 nitrogen and oxygen atoms in total. The van der Waals surface area contributed by atoms with E-state index in [1.54, 1.807) is 12.1 Å². The van der Waals surface area contributed by atoms with Crippen molar-refractivity contribution in [3.8, 4) is 0 Å². The van der Waals surface area contributed by atoms with Crippen molar-refractivity contribution in [2.75, 3.05) is 10.6 Å². The quantitative estimate of drug-likeness (QED) is 0.770. The number of para-hydroxylation sites is 1. The molecule has 0 saturated heterocycles. The van der Waals surface area contributed by atoms with E-state index in [1.165, 1.54) is 0 Å². The molecular formula is C19H21ClN2O2. The normalized spacial score (nSPS) is 10.5. The summed E-state index contributed by atoms with van der Waals surface area (Å²) in [6.45, 7) is 5.99. The van der Waals surface area contributed by atoms with Crippen LogP contribution in [0.15, 0.2) is 42.5 Å². The fraction of sp³-hybridized carbons (Fsp3) is 0.263. The zero-order valence-corrected chi connectivity index (χ0v) is 14.8. The van der Waals surface area contributed by atoms with E-state index in [4.69, 9.17) is 11.6 Å². The second-order valence-corrected chi connectivity index (χ2v) is 6.39. The second-order valence-electron chi connectivity index (χ2n) is 5.98. The predicted molar refractivity (Wildman–Crippen MR) is 98.6 cm³/mol. The first-order valence-electron chi connectivity index (χ1n) is 7.81. The van der Waals surface area contributed by atoms with E-state index in [1.807, 2.05) is 37.3 Å². The summed E-state index contributed by atoms with van der Waals surface area (Å²) < 4.78 is 0. The number of nitrogens with one attached hydrogen (secondary N) is 2. The Morgan fingerprint density at radius 3 is 2.38 bits per heavy atom. The first-order chi connectivity index (χ1) is 11.4. The lowest BCUT2D eigenvalue weighted by molar-refractivity contribution is -0.123. The van der Waals surface area contributed by atoms with Crippen molar-refractivity contribution >= 4 is 34.8 Å². The van der Waals surface area contributed by atoms with Crippen LogP contribution >= 0.6 is 11.6 Å². The maximum Gasteiger partial charge on any atom is 0.233 e. The Bertz CT molecular complexity index is 757. The zero-order chi connectivity index (χ0) is 17.7. The summed E-state index contributed by atoms with van der Waals surface area (Å²) in [4.78, 5) is 24.1. The highest BCUT2D eigenvalue weighted by molar-refractivity contribution is 6.31. The molecule has 0 bridgehead atoms. The van der Waals surface area contributed by atoms with Gasteiger partial charge in [-0.1, -0.05) is 49.7 Å². The van der Waals surface area contributed by atoms with E-state index in [-0.39, 0.29) is 24.2 Å². The summed E-state index contributed by atoms with van der Waals surface area (Å²) in [5, 5.41) is 6.06. The molecule has 0 aromatic heterocycles. The Balaban J connectivity index is 1.97. The first kappa shape index (κ1) is 18.0. The molecule has 0 unspecified atom stereocenters. The van der Waals surface area contributed by atoms with Crippen LogP contribution in [0.4, 0.5) is 11.4 Å². The van der Waals surface area contributed by atoms with E-state index in [9.17, 15) is 9.59 Å². The molecule has 2 N–H and O–H groups in total. The lowest BCUT2D eigenvalue weighted by Gasteiger charge is -2.13. The minimum absolute atomic E-state index is 0.252. The Morgan fingerprint density at radius 1 is 1.04 bits per heavy atom. The van der Waals surface area contributed by atoms with E-state index in [0.29, 0.717) is 10.7 Å². The molecule has 2 aromatic rings. The zero-order valence-electron chi connectivity index (χ0n) is 14.0. The summed E-state index contributed by atoms with van der Waals surface area (Å²) in [7, 11) is 0. The molecule has 0 spiro atoms. The van der Waals surface area contributed by atoms with E-state index in [0.717, 1.165) is 16.8 Å². The van der Waals surface area contributed by atoms with Gasteiger partial charge in [0.05, 0.1) is 0 Å². The number of benzene rings is 2. The number of carbonyl (C=O) groups excluding carboxylic acids is 2. The average Bonchev–Trinajstić information content (AvgIpc) is 2.51. The van der Waals surface area contributed by atoms with Gasteiger partial charge in [0.25, 0.3) is 0 Å². The molecule has 2 amide bonds. The van der Waals surface area contributed by atoms with Crippen molar-refractivity contribution in [3.05, 3.63) is 58.6 Å². The summed E-state index contributed by atoms with van der Waals surface area (Å²) in [5.41, 5.74) is 3.28. The highest BCUT2D eigenvalue weighted by Crippen LogP contribution is 2.24. The minimum atomic E-state index is -0.380. The van der Waals surface area contributed by atoms with Gasteiger partial charge in [0.2, 0.25) is 11.8 Å². The van der Waals surface area contributed by atoms with Gasteiger partial charge in [-0.05, 0) is 42.2 Å². The van der Waals surface area contributed by atoms with E-state index >= 15 is 0 Å². The third kappa shape index (κ3) is 4.83. The molecular weight excluding hydrogens is 324 g/mol. The monoisotopic (exact) mass is 344 g/mol. The molecule has 0 atom stereocenters. The van der Waals surface area contributed by atoms with Gasteiger partial charge < -0.3 is 10.6 Å². The SMILES string of the molecule is Cc1ccc(NC(=O)CC(=O)Nc2ccccc2C(C)C)cc1Cl. The molecule has 0 heterocycles. The van der Waals surface area contributed by atoms with Crippen LogP contribution in [-0.2, 0) is 9.59 Å². The molecule has 0 aliphatic carbocycles. The lowest BCUT2D eigenvalue weighted by atomic mass is 10.0. The van der Waals surface area contributed by atoms with Crippen LogP contribution in [-0.4, -0.2) is 11.8 Å². The van der Waals surface area contributed by atoms with Crippen LogP contribution in [0, 0.1) is 6.92 Å². The molecule has 24 heavy (non-hydrogen) atoms. The van der Waals surface area contributed by atoms with E-state index < -0.39 is 0 Å². The van der Waals surface area contributed by atoms with Gasteiger partial charge in [-0.3, -0.25) is 9.59 Å². The predicted octanol–water partition coefficient (Wildman–Crippen LogP) is 4.74. The Hall–Kier alpha value is -2.33. The third-order valence-electron chi connectivity index (χ3n) is 3.63. The first-order valence-corrected chi connectivity index (χ1v) is 8.19. The molecule has 0 aliphatic rings. The summed E-state index contributed by atoms with van der Waals surface area (Å²) in [5.74, 6) is -0.446. The molecule has 2 rings (SSSR count). The fourth-order valence-corrected chi connectivity index (χ4v) is 2.51. The van der Waals surface area contributed by atoms with Crippen LogP contribution < -0.4 is 10.6 Å². The largest absolute Gasteiger partial charge is 0.326 e. The lowest BCUT2D eigenvalue weighted by Crippen LogP contribution is -2.22. The van der Waals surface area contributed by atoms with Crippen LogP contribution in [0.2, 0.25) is 5.02 Å². The molecule has 5 heteroatoms. The van der Waals surface area contributed by atoms with Gasteiger partial charge in [-0.2, -0.15) is 0 Å². The number of hydrogen-bond acceptors (Lipinski definition) is 2. The van der Waals surface area contributed by atoms with Gasteiger partial charge >= 0.3 is 0 Å². The number of aryl methyl sites for hydroxylation is 1. The number of carbonyl (C=O) groups is 2. The van der Waals surface area contributed by atoms with Gasteiger partial charge in [-0.15, -0.1) is 0 Å². The van der Waals surface area contributed by atoms with Crippen LogP contribution in [0.3, 0.4) is 0 Å². The molecule has 0 fully saturated rings. The van der Waals surface area contributed by atoms with Gasteiger partial charge in [-0.25, -0.2) is 0 Å². The average molecular weight is 345 g/mol. The maximum absolute atomic E-state index is 12.1. The molecule has 126 valence electrons. The number of halogens is 1. The number of rotatable bonds is 5. The van der Waals surface area contributed by atoms with Crippen molar-refractivity contribution in [1.82, 2.24) is 0 Å². The third-order valence-corrected chi connectivity index (χ3v) is 4.04. The van der Waals surface area contributed by atoms with Crippen molar-refractivity contribution in [2.24, 2.45) is 0 Å². The smallest absolute Gasteiger partial charge is 0.233 e.